The predicted molar refractivity (Wildman–Crippen MR) is 97.4 cm³/mol. The van der Waals surface area contributed by atoms with Crippen LogP contribution in [-0.4, -0.2) is 42.6 Å². The van der Waals surface area contributed by atoms with Crippen LogP contribution in [0.5, 0.6) is 0 Å². The molecule has 1 heterocycles. The molecular weight excluding hydrogens is 391 g/mol. The molecule has 1 atom stereocenters. The molecule has 1 saturated heterocycles. The maximum atomic E-state index is 14.6. The van der Waals surface area contributed by atoms with Crippen molar-refractivity contribution < 1.29 is 32.7 Å². The number of halogens is 3. The minimum absolute atomic E-state index is 0.00115. The summed E-state index contributed by atoms with van der Waals surface area (Å²) in [6.45, 7) is 1.38. The number of rotatable bonds is 5. The summed E-state index contributed by atoms with van der Waals surface area (Å²) < 4.78 is 48.3. The van der Waals surface area contributed by atoms with Crippen LogP contribution in [0.25, 0.3) is 11.1 Å². The Hall–Kier alpha value is -3.56. The summed E-state index contributed by atoms with van der Waals surface area (Å²) in [5.41, 5.74) is -0.656. The van der Waals surface area contributed by atoms with Gasteiger partial charge in [-0.15, -0.1) is 0 Å². The lowest BCUT2D eigenvalue weighted by Gasteiger charge is -2.15. The van der Waals surface area contributed by atoms with E-state index < -0.39 is 35.2 Å². The summed E-state index contributed by atoms with van der Waals surface area (Å²) in [6.07, 6.45) is -0.608. The van der Waals surface area contributed by atoms with Crippen molar-refractivity contribution in [2.24, 2.45) is 5.16 Å². The molecular formula is C19H16F3N3O4. The average Bonchev–Trinajstić information content (AvgIpc) is 3.02. The van der Waals surface area contributed by atoms with Gasteiger partial charge < -0.3 is 15.3 Å². The molecule has 0 saturated carbocycles. The van der Waals surface area contributed by atoms with E-state index in [4.69, 9.17) is 9.94 Å². The second-order valence-corrected chi connectivity index (χ2v) is 6.32. The quantitative estimate of drug-likeness (QED) is 0.453. The number of amides is 2. The maximum absolute atomic E-state index is 14.6. The Bertz CT molecular complexity index is 974. The number of nitrogens with zero attached hydrogens (tertiary/aromatic N) is 2. The average molecular weight is 407 g/mol. The monoisotopic (exact) mass is 407 g/mol. The Morgan fingerprint density at radius 3 is 2.55 bits per heavy atom. The Labute approximate surface area is 163 Å². The van der Waals surface area contributed by atoms with Gasteiger partial charge in [0, 0.05) is 12.5 Å². The van der Waals surface area contributed by atoms with Gasteiger partial charge in [0.15, 0.2) is 0 Å². The number of nitrogens with one attached hydrogen (secondary N) is 1. The Balaban J connectivity index is 1.87. The van der Waals surface area contributed by atoms with Crippen molar-refractivity contribution in [3.8, 4) is 11.1 Å². The number of ether oxygens (including phenoxy) is 1. The summed E-state index contributed by atoms with van der Waals surface area (Å²) in [5, 5.41) is 13.7. The molecule has 3 rings (SSSR count). The highest BCUT2D eigenvalue weighted by Crippen LogP contribution is 2.32. The lowest BCUT2D eigenvalue weighted by molar-refractivity contribution is -0.119. The number of hydrogen-bond acceptors (Lipinski definition) is 5. The van der Waals surface area contributed by atoms with E-state index >= 15 is 0 Å². The third-order valence-electron chi connectivity index (χ3n) is 4.28. The first-order valence-corrected chi connectivity index (χ1v) is 8.49. The first-order valence-electron chi connectivity index (χ1n) is 8.49. The molecule has 0 bridgehead atoms. The summed E-state index contributed by atoms with van der Waals surface area (Å²) >= 11 is 0. The molecule has 10 heteroatoms. The number of carbonyl (C=O) groups is 2. The van der Waals surface area contributed by atoms with E-state index in [-0.39, 0.29) is 35.8 Å². The molecule has 0 unspecified atom stereocenters. The number of cyclic esters (lactones) is 1. The smallest absolute Gasteiger partial charge is 0.414 e. The Kier molecular flexibility index (Phi) is 5.71. The van der Waals surface area contributed by atoms with Crippen LogP contribution in [0.15, 0.2) is 35.5 Å². The van der Waals surface area contributed by atoms with Crippen molar-refractivity contribution in [2.75, 3.05) is 18.0 Å². The van der Waals surface area contributed by atoms with Gasteiger partial charge in [-0.25, -0.2) is 18.0 Å². The lowest BCUT2D eigenvalue weighted by atomic mass is 10.0. The van der Waals surface area contributed by atoms with E-state index in [9.17, 15) is 22.8 Å². The maximum Gasteiger partial charge on any atom is 0.414 e. The molecule has 0 spiro atoms. The lowest BCUT2D eigenvalue weighted by Crippen LogP contribution is -2.33. The minimum atomic E-state index is -0.999. The zero-order chi connectivity index (χ0) is 21.1. The van der Waals surface area contributed by atoms with Gasteiger partial charge in [-0.1, -0.05) is 11.2 Å². The largest absolute Gasteiger partial charge is 0.442 e. The second kappa shape index (κ2) is 8.21. The minimum Gasteiger partial charge on any atom is -0.442 e. The zero-order valence-corrected chi connectivity index (χ0v) is 15.2. The van der Waals surface area contributed by atoms with Crippen LogP contribution in [0.2, 0.25) is 0 Å². The summed E-state index contributed by atoms with van der Waals surface area (Å²) in [7, 11) is 0. The molecule has 0 aliphatic carbocycles. The molecule has 0 radical (unpaired) electrons. The molecule has 7 nitrogen and oxygen atoms in total. The van der Waals surface area contributed by atoms with Gasteiger partial charge in [-0.3, -0.25) is 9.69 Å². The van der Waals surface area contributed by atoms with Crippen molar-refractivity contribution in [1.29, 1.82) is 0 Å². The fourth-order valence-electron chi connectivity index (χ4n) is 2.94. The first kappa shape index (κ1) is 20.2. The van der Waals surface area contributed by atoms with Crippen molar-refractivity contribution in [2.45, 2.75) is 13.0 Å². The Morgan fingerprint density at radius 1 is 1.28 bits per heavy atom. The Morgan fingerprint density at radius 2 is 1.97 bits per heavy atom. The number of carbonyl (C=O) groups excluding carboxylic acids is 2. The summed E-state index contributed by atoms with van der Waals surface area (Å²) in [6, 6.07) is 5.28. The van der Waals surface area contributed by atoms with Crippen LogP contribution in [0, 0.1) is 17.5 Å². The van der Waals surface area contributed by atoms with E-state index in [0.29, 0.717) is 0 Å². The number of benzene rings is 2. The SMILES string of the molecule is CC(=O)NC[C@H]1CN(c2cc(F)c(-c3ccc(C=NO)c(F)c3)c(F)c2)C(=O)O1. The van der Waals surface area contributed by atoms with Crippen molar-refractivity contribution in [1.82, 2.24) is 5.32 Å². The van der Waals surface area contributed by atoms with Gasteiger partial charge in [-0.05, 0) is 29.8 Å². The number of hydrogen-bond donors (Lipinski definition) is 2. The van der Waals surface area contributed by atoms with Gasteiger partial charge in [0.2, 0.25) is 5.91 Å². The van der Waals surface area contributed by atoms with Crippen LogP contribution < -0.4 is 10.2 Å². The van der Waals surface area contributed by atoms with Gasteiger partial charge in [-0.2, -0.15) is 0 Å². The van der Waals surface area contributed by atoms with Crippen LogP contribution in [-0.2, 0) is 9.53 Å². The predicted octanol–water partition coefficient (Wildman–Crippen LogP) is 3.04. The van der Waals surface area contributed by atoms with E-state index in [1.165, 1.54) is 19.1 Å². The van der Waals surface area contributed by atoms with Crippen LogP contribution >= 0.6 is 0 Å². The van der Waals surface area contributed by atoms with Crippen molar-refractivity contribution >= 4 is 23.9 Å². The number of anilines is 1. The summed E-state index contributed by atoms with van der Waals surface area (Å²) in [4.78, 5) is 24.0. The van der Waals surface area contributed by atoms with Gasteiger partial charge in [0.05, 0.1) is 30.6 Å². The van der Waals surface area contributed by atoms with E-state index in [0.717, 1.165) is 29.3 Å². The molecule has 1 fully saturated rings. The van der Waals surface area contributed by atoms with E-state index in [2.05, 4.69) is 10.5 Å². The highest BCUT2D eigenvalue weighted by Gasteiger charge is 2.33. The normalized spacial score (nSPS) is 16.3. The van der Waals surface area contributed by atoms with E-state index in [1.807, 2.05) is 0 Å². The topological polar surface area (TPSA) is 91.2 Å². The standard InChI is InChI=1S/C19H16F3N3O4/c1-10(26)23-8-14-9-25(19(27)29-14)13-5-16(21)18(17(22)6-13)11-2-3-12(7-24-28)15(20)4-11/h2-7,14,28H,8-9H2,1H3,(H,23,26)/t14-/m0/s1. The molecule has 0 aromatic heterocycles. The highest BCUT2D eigenvalue weighted by molar-refractivity contribution is 5.90. The van der Waals surface area contributed by atoms with Crippen LogP contribution in [0.4, 0.5) is 23.7 Å². The molecule has 2 amide bonds. The molecule has 2 aromatic rings. The third-order valence-corrected chi connectivity index (χ3v) is 4.28. The van der Waals surface area contributed by atoms with E-state index in [1.54, 1.807) is 0 Å². The molecule has 152 valence electrons. The zero-order valence-electron chi connectivity index (χ0n) is 15.2. The first-order chi connectivity index (χ1) is 13.8. The van der Waals surface area contributed by atoms with Crippen molar-refractivity contribution in [3.63, 3.8) is 0 Å². The molecule has 29 heavy (non-hydrogen) atoms. The van der Waals surface area contributed by atoms with Gasteiger partial charge >= 0.3 is 6.09 Å². The number of oxime groups is 1. The van der Waals surface area contributed by atoms with Crippen LogP contribution in [0.1, 0.15) is 12.5 Å². The van der Waals surface area contributed by atoms with Gasteiger partial charge in [0.25, 0.3) is 0 Å². The molecule has 2 aromatic carbocycles. The van der Waals surface area contributed by atoms with Gasteiger partial charge in [0.1, 0.15) is 23.6 Å². The summed E-state index contributed by atoms with van der Waals surface area (Å²) in [5.74, 6) is -3.13. The molecule has 1 aliphatic rings. The molecule has 1 aliphatic heterocycles. The van der Waals surface area contributed by atoms with Crippen LogP contribution in [0.3, 0.4) is 0 Å². The third kappa shape index (κ3) is 4.31. The molecule has 2 N–H and O–H groups in total. The fourth-order valence-corrected chi connectivity index (χ4v) is 2.94. The van der Waals surface area contributed by atoms with Crippen molar-refractivity contribution in [3.05, 3.63) is 53.3 Å². The second-order valence-electron chi connectivity index (χ2n) is 6.32. The highest BCUT2D eigenvalue weighted by atomic mass is 19.1. The fraction of sp³-hybridized carbons (Fsp3) is 0.211.